The van der Waals surface area contributed by atoms with Gasteiger partial charge in [-0.15, -0.1) is 0 Å². The third-order valence-corrected chi connectivity index (χ3v) is 11.0. The quantitative estimate of drug-likeness (QED) is 0.159. The minimum atomic E-state index is -0.401. The Hall–Kier alpha value is -8.32. The summed E-state index contributed by atoms with van der Waals surface area (Å²) in [6.07, 6.45) is 0. The lowest BCUT2D eigenvalue weighted by Gasteiger charge is -2.20. The molecule has 0 saturated heterocycles. The lowest BCUT2D eigenvalue weighted by atomic mass is 9.97. The van der Waals surface area contributed by atoms with E-state index in [9.17, 15) is 15.3 Å². The van der Waals surface area contributed by atoms with Crippen LogP contribution in [0.1, 0.15) is 31.8 Å². The number of carbonyl (C=O) groups is 2. The second kappa shape index (κ2) is 13.8. The van der Waals surface area contributed by atoms with Crippen LogP contribution in [-0.4, -0.2) is 16.4 Å². The first-order valence-corrected chi connectivity index (χ1v) is 18.9. The van der Waals surface area contributed by atoms with Crippen molar-refractivity contribution < 1.29 is 9.59 Å². The molecule has 0 unspecified atom stereocenters. The van der Waals surface area contributed by atoms with Gasteiger partial charge in [-0.05, 0) is 99.6 Å². The smallest absolute Gasteiger partial charge is 0.268 e. The Morgan fingerprint density at radius 3 is 1.41 bits per heavy atom. The number of carbonyl (C=O) groups excluding carboxylic acids is 2. The van der Waals surface area contributed by atoms with Crippen molar-refractivity contribution in [3.05, 3.63) is 204 Å². The molecule has 10 rings (SSSR count). The number of hydrogen-bond acceptors (Lipinski definition) is 4. The zero-order chi connectivity index (χ0) is 39.3. The molecule has 1 aliphatic heterocycles. The highest BCUT2D eigenvalue weighted by atomic mass is 16.2. The number of benzene rings is 8. The Morgan fingerprint density at radius 2 is 0.862 bits per heavy atom. The Morgan fingerprint density at radius 1 is 0.379 bits per heavy atom. The molecule has 6 heteroatoms. The Kier molecular flexibility index (Phi) is 8.11. The first-order valence-electron chi connectivity index (χ1n) is 18.9. The molecular formula is C52H30N4O2. The van der Waals surface area contributed by atoms with E-state index in [2.05, 4.69) is 53.1 Å². The number of fused-ring (bicyclic) bond motifs is 4. The predicted octanol–water partition coefficient (Wildman–Crippen LogP) is 12.0. The van der Waals surface area contributed by atoms with E-state index in [1.807, 2.05) is 115 Å². The largest absolute Gasteiger partial charge is 0.308 e. The maximum atomic E-state index is 15.1. The fourth-order valence-corrected chi connectivity index (χ4v) is 8.17. The number of nitriles is 2. The summed E-state index contributed by atoms with van der Waals surface area (Å²) in [7, 11) is 0. The van der Waals surface area contributed by atoms with Crippen LogP contribution in [-0.2, 0) is 0 Å². The van der Waals surface area contributed by atoms with Crippen molar-refractivity contribution in [2.75, 3.05) is 4.90 Å². The maximum absolute atomic E-state index is 15.1. The van der Waals surface area contributed by atoms with Crippen LogP contribution < -0.4 is 4.90 Å². The molecule has 0 bridgehead atoms. The molecule has 8 aromatic carbocycles. The Labute approximate surface area is 334 Å². The van der Waals surface area contributed by atoms with Gasteiger partial charge in [-0.25, -0.2) is 4.90 Å². The lowest BCUT2D eigenvalue weighted by molar-refractivity contribution is 0.0926. The van der Waals surface area contributed by atoms with Crippen molar-refractivity contribution >= 4 is 39.3 Å². The van der Waals surface area contributed by atoms with E-state index in [4.69, 9.17) is 0 Å². The number of nitrogens with zero attached hydrogens (tertiary/aromatic N) is 4. The van der Waals surface area contributed by atoms with Gasteiger partial charge in [-0.2, -0.15) is 10.5 Å². The topological polar surface area (TPSA) is 89.9 Å². The normalized spacial score (nSPS) is 12.1. The lowest BCUT2D eigenvalue weighted by Crippen LogP contribution is -2.30. The minimum Gasteiger partial charge on any atom is -0.308 e. The fourth-order valence-electron chi connectivity index (χ4n) is 8.17. The highest BCUT2D eigenvalue weighted by molar-refractivity contribution is 6.36. The van der Waals surface area contributed by atoms with Crippen LogP contribution in [0.2, 0.25) is 0 Å². The van der Waals surface area contributed by atoms with Crippen molar-refractivity contribution in [3.63, 3.8) is 0 Å². The minimum absolute atomic E-state index is 0.324. The number of hydrogen-bond donors (Lipinski definition) is 0. The van der Waals surface area contributed by atoms with Crippen molar-refractivity contribution in [1.82, 2.24) is 4.57 Å². The van der Waals surface area contributed by atoms with Gasteiger partial charge in [-0.1, -0.05) is 121 Å². The molecule has 0 fully saturated rings. The van der Waals surface area contributed by atoms with Crippen molar-refractivity contribution in [1.29, 1.82) is 10.5 Å². The van der Waals surface area contributed by atoms with Gasteiger partial charge in [0.2, 0.25) is 0 Å². The van der Waals surface area contributed by atoms with Crippen LogP contribution in [0, 0.1) is 22.7 Å². The molecule has 58 heavy (non-hydrogen) atoms. The third-order valence-electron chi connectivity index (χ3n) is 11.0. The average molecular weight is 743 g/mol. The van der Waals surface area contributed by atoms with E-state index in [1.165, 1.54) is 4.90 Å². The molecule has 9 aromatic rings. The average Bonchev–Trinajstić information content (AvgIpc) is 3.75. The monoisotopic (exact) mass is 742 g/mol. The van der Waals surface area contributed by atoms with Gasteiger partial charge in [-0.3, -0.25) is 9.59 Å². The summed E-state index contributed by atoms with van der Waals surface area (Å²) in [6, 6.07) is 63.1. The van der Waals surface area contributed by atoms with Gasteiger partial charge in [0.1, 0.15) is 0 Å². The number of amides is 2. The van der Waals surface area contributed by atoms with Crippen LogP contribution in [0.3, 0.4) is 0 Å². The van der Waals surface area contributed by atoms with Gasteiger partial charge in [0.15, 0.2) is 0 Å². The van der Waals surface area contributed by atoms with Gasteiger partial charge < -0.3 is 4.57 Å². The molecule has 0 atom stereocenters. The first kappa shape index (κ1) is 34.2. The second-order valence-corrected chi connectivity index (χ2v) is 14.3. The molecule has 1 aromatic heterocycles. The summed E-state index contributed by atoms with van der Waals surface area (Å²) >= 11 is 0. The summed E-state index contributed by atoms with van der Waals surface area (Å²) in [5, 5.41) is 20.8. The van der Waals surface area contributed by atoms with Crippen LogP contribution in [0.5, 0.6) is 0 Å². The summed E-state index contributed by atoms with van der Waals surface area (Å²) in [5.41, 5.74) is 12.1. The van der Waals surface area contributed by atoms with Crippen LogP contribution in [0.15, 0.2) is 182 Å². The summed E-state index contributed by atoms with van der Waals surface area (Å²) < 4.78 is 2.09. The maximum Gasteiger partial charge on any atom is 0.268 e. The van der Waals surface area contributed by atoms with Gasteiger partial charge in [0, 0.05) is 16.3 Å². The standard InChI is InChI=1S/C52H30N4O2/c53-31-33-14-18-36(19-15-33)40-22-25-42-43-26-23-41(37-20-16-34(32-54)17-21-37)30-49(43)55(48(42)29-40)47-13-7-12-44-50(47)52(58)56(51(44)57)46-27-24-39(35-8-3-1-4-9-35)28-45(46)38-10-5-2-6-11-38/h1-30H. The molecule has 0 radical (unpaired) electrons. The zero-order valence-electron chi connectivity index (χ0n) is 30.9. The van der Waals surface area contributed by atoms with Crippen LogP contribution >= 0.6 is 0 Å². The molecule has 0 spiro atoms. The molecule has 2 heterocycles. The van der Waals surface area contributed by atoms with E-state index in [-0.39, 0.29) is 5.91 Å². The molecule has 0 aliphatic carbocycles. The highest BCUT2D eigenvalue weighted by Crippen LogP contribution is 2.43. The van der Waals surface area contributed by atoms with Gasteiger partial charge in [0.25, 0.3) is 11.8 Å². The van der Waals surface area contributed by atoms with E-state index >= 15 is 4.79 Å². The molecule has 0 N–H and O–H groups in total. The highest BCUT2D eigenvalue weighted by Gasteiger charge is 2.40. The summed E-state index contributed by atoms with van der Waals surface area (Å²) in [5.74, 6) is -0.787. The molecule has 1 aliphatic rings. The van der Waals surface area contributed by atoms with Gasteiger partial charge >= 0.3 is 0 Å². The Bertz CT molecular complexity index is 3090. The van der Waals surface area contributed by atoms with Crippen LogP contribution in [0.4, 0.5) is 5.69 Å². The van der Waals surface area contributed by atoms with E-state index in [1.54, 1.807) is 30.3 Å². The third kappa shape index (κ3) is 5.56. The van der Waals surface area contributed by atoms with Crippen molar-refractivity contribution in [2.24, 2.45) is 0 Å². The van der Waals surface area contributed by atoms with Crippen molar-refractivity contribution in [3.8, 4) is 62.3 Å². The van der Waals surface area contributed by atoms with Gasteiger partial charge in [0.05, 0.1) is 56.8 Å². The summed E-state index contributed by atoms with van der Waals surface area (Å²) in [6.45, 7) is 0. The number of imide groups is 1. The van der Waals surface area contributed by atoms with E-state index in [0.29, 0.717) is 33.6 Å². The van der Waals surface area contributed by atoms with Crippen LogP contribution in [0.25, 0.3) is 72.0 Å². The number of aromatic nitrogens is 1. The first-order chi connectivity index (χ1) is 28.5. The number of rotatable bonds is 6. The molecule has 2 amide bonds. The molecule has 6 nitrogen and oxygen atoms in total. The zero-order valence-corrected chi connectivity index (χ0v) is 30.9. The predicted molar refractivity (Wildman–Crippen MR) is 230 cm³/mol. The molecule has 0 saturated carbocycles. The number of anilines is 1. The molecule has 270 valence electrons. The molecular weight excluding hydrogens is 713 g/mol. The van der Waals surface area contributed by atoms with E-state index in [0.717, 1.165) is 66.3 Å². The second-order valence-electron chi connectivity index (χ2n) is 14.3. The SMILES string of the molecule is N#Cc1ccc(-c2ccc3c4ccc(-c5ccc(C#N)cc5)cc4n(-c4cccc5c4C(=O)N(c4ccc(-c6ccccc6)cc4-c4ccccc4)C5=O)c3c2)cc1. The van der Waals surface area contributed by atoms with E-state index < -0.39 is 5.91 Å². The van der Waals surface area contributed by atoms with Crippen molar-refractivity contribution in [2.45, 2.75) is 0 Å². The Balaban J connectivity index is 1.18. The fraction of sp³-hybridized carbons (Fsp3) is 0. The summed E-state index contributed by atoms with van der Waals surface area (Å²) in [4.78, 5) is 31.0.